The van der Waals surface area contributed by atoms with Crippen LogP contribution in [-0.2, 0) is 14.3 Å². The second-order valence-electron chi connectivity index (χ2n) is 10.7. The summed E-state index contributed by atoms with van der Waals surface area (Å²) >= 11 is 0. The number of hydrogen-bond donors (Lipinski definition) is 5. The highest BCUT2D eigenvalue weighted by molar-refractivity contribution is 5.81. The quantitative estimate of drug-likeness (QED) is 0.162. The van der Waals surface area contributed by atoms with Crippen molar-refractivity contribution in [1.29, 1.82) is 0 Å². The van der Waals surface area contributed by atoms with Crippen LogP contribution in [0.1, 0.15) is 47.9 Å². The second kappa shape index (κ2) is 13.5. The molecule has 1 saturated heterocycles. The molecule has 42 heavy (non-hydrogen) atoms. The topological polar surface area (TPSA) is 163 Å². The summed E-state index contributed by atoms with van der Waals surface area (Å²) in [6.07, 6.45) is 2.95. The lowest BCUT2D eigenvalue weighted by molar-refractivity contribution is -0.141. The van der Waals surface area contributed by atoms with E-state index in [0.29, 0.717) is 30.2 Å². The van der Waals surface area contributed by atoms with E-state index in [-0.39, 0.29) is 55.0 Å². The predicted octanol–water partition coefficient (Wildman–Crippen LogP) is 1.54. The van der Waals surface area contributed by atoms with Crippen LogP contribution in [0.15, 0.2) is 24.3 Å². The lowest BCUT2D eigenvalue weighted by atomic mass is 9.65. The van der Waals surface area contributed by atoms with Crippen molar-refractivity contribution >= 4 is 11.9 Å². The average molecular weight is 585 g/mol. The molecule has 0 radical (unpaired) electrons. The van der Waals surface area contributed by atoms with Crippen LogP contribution in [-0.4, -0.2) is 77.3 Å². The summed E-state index contributed by atoms with van der Waals surface area (Å²) in [6, 6.07) is 6.67. The minimum Gasteiger partial charge on any atom is -0.502 e. The molecule has 1 aliphatic carbocycles. The number of carbonyl (C=O) groups is 2. The average Bonchev–Trinajstić information content (AvgIpc) is 3.62. The third-order valence-corrected chi connectivity index (χ3v) is 8.17. The maximum absolute atomic E-state index is 13.3. The Morgan fingerprint density at radius 3 is 2.31 bits per heavy atom. The Hall–Kier alpha value is -3.74. The Balaban J connectivity index is 1.38. The molecule has 1 unspecified atom stereocenters. The number of methoxy groups -OCH3 is 2. The number of ether oxygens (including phenoxy) is 5. The highest BCUT2D eigenvalue weighted by Gasteiger charge is 2.53. The summed E-state index contributed by atoms with van der Waals surface area (Å²) in [5.41, 5.74) is 7.85. The van der Waals surface area contributed by atoms with Crippen molar-refractivity contribution in [1.82, 2.24) is 16.0 Å². The van der Waals surface area contributed by atoms with Gasteiger partial charge in [0.15, 0.2) is 23.0 Å². The summed E-state index contributed by atoms with van der Waals surface area (Å²) < 4.78 is 27.8. The molecule has 0 spiro atoms. The Kier molecular flexibility index (Phi) is 9.55. The van der Waals surface area contributed by atoms with Crippen molar-refractivity contribution in [3.8, 4) is 28.7 Å². The number of nitrogens with two attached hydrogens (primary N) is 1. The van der Waals surface area contributed by atoms with Crippen LogP contribution < -0.4 is 40.6 Å². The number of unbranched alkanes of at least 4 members (excludes halogenated alkanes) is 1. The summed E-state index contributed by atoms with van der Waals surface area (Å²) in [5.74, 6) is -0.470. The number of cyclic esters (lactones) is 1. The molecule has 12 heteroatoms. The van der Waals surface area contributed by atoms with Crippen molar-refractivity contribution in [3.63, 3.8) is 0 Å². The van der Waals surface area contributed by atoms with Crippen LogP contribution in [0.4, 0.5) is 0 Å². The highest BCUT2D eigenvalue weighted by atomic mass is 16.7. The Morgan fingerprint density at radius 1 is 0.952 bits per heavy atom. The van der Waals surface area contributed by atoms with E-state index in [1.165, 1.54) is 14.2 Å². The van der Waals surface area contributed by atoms with E-state index in [2.05, 4.69) is 16.0 Å². The van der Waals surface area contributed by atoms with Crippen molar-refractivity contribution in [3.05, 3.63) is 41.0 Å². The first-order chi connectivity index (χ1) is 20.5. The van der Waals surface area contributed by atoms with Crippen LogP contribution >= 0.6 is 0 Å². The Morgan fingerprint density at radius 2 is 1.62 bits per heavy atom. The van der Waals surface area contributed by atoms with E-state index in [4.69, 9.17) is 29.4 Å². The van der Waals surface area contributed by atoms with Gasteiger partial charge in [-0.25, -0.2) is 0 Å². The first-order valence-electron chi connectivity index (χ1n) is 14.4. The van der Waals surface area contributed by atoms with E-state index in [9.17, 15) is 14.7 Å². The molecule has 6 N–H and O–H groups in total. The summed E-state index contributed by atoms with van der Waals surface area (Å²) in [7, 11) is 2.91. The van der Waals surface area contributed by atoms with Gasteiger partial charge in [0.2, 0.25) is 18.4 Å². The molecular weight excluding hydrogens is 544 g/mol. The van der Waals surface area contributed by atoms with Gasteiger partial charge in [-0.2, -0.15) is 0 Å². The molecule has 1 amide bonds. The summed E-state index contributed by atoms with van der Waals surface area (Å²) in [4.78, 5) is 26.4. The van der Waals surface area contributed by atoms with Crippen molar-refractivity contribution < 1.29 is 38.4 Å². The number of amides is 1. The van der Waals surface area contributed by atoms with E-state index >= 15 is 0 Å². The number of phenols is 1. The third kappa shape index (κ3) is 6.06. The van der Waals surface area contributed by atoms with Gasteiger partial charge in [-0.3, -0.25) is 9.59 Å². The molecule has 2 aliphatic heterocycles. The molecule has 5 rings (SSSR count). The molecule has 0 aromatic heterocycles. The summed E-state index contributed by atoms with van der Waals surface area (Å²) in [6.45, 7) is 3.58. The van der Waals surface area contributed by atoms with Crippen molar-refractivity contribution in [2.24, 2.45) is 17.6 Å². The lowest BCUT2D eigenvalue weighted by Crippen LogP contribution is -2.45. The zero-order valence-corrected chi connectivity index (χ0v) is 24.1. The molecule has 2 aromatic carbocycles. The first kappa shape index (κ1) is 29.7. The van der Waals surface area contributed by atoms with Gasteiger partial charge in [-0.05, 0) is 86.4 Å². The highest BCUT2D eigenvalue weighted by Crippen LogP contribution is 2.55. The van der Waals surface area contributed by atoms with Crippen LogP contribution in [0.25, 0.3) is 0 Å². The monoisotopic (exact) mass is 584 g/mol. The fraction of sp³-hybridized carbons (Fsp3) is 0.533. The number of benzene rings is 2. The third-order valence-electron chi connectivity index (χ3n) is 8.17. The zero-order chi connectivity index (χ0) is 29.6. The number of nitrogens with one attached hydrogen (secondary N) is 3. The van der Waals surface area contributed by atoms with Crippen molar-refractivity contribution in [2.45, 2.75) is 31.2 Å². The number of aromatic hydroxyl groups is 1. The normalized spacial score (nSPS) is 21.8. The first-order valence-corrected chi connectivity index (χ1v) is 14.4. The number of fused-ring (bicyclic) bond motifs is 3. The molecular formula is C30H40N4O8. The molecule has 3 aliphatic rings. The van der Waals surface area contributed by atoms with Gasteiger partial charge in [0.25, 0.3) is 0 Å². The summed E-state index contributed by atoms with van der Waals surface area (Å²) in [5, 5.41) is 20.3. The maximum atomic E-state index is 13.3. The second-order valence-corrected chi connectivity index (χ2v) is 10.7. The van der Waals surface area contributed by atoms with Gasteiger partial charge in [-0.1, -0.05) is 0 Å². The fourth-order valence-corrected chi connectivity index (χ4v) is 6.13. The number of hydrogen-bond acceptors (Lipinski definition) is 11. The number of rotatable bonds is 14. The van der Waals surface area contributed by atoms with E-state index < -0.39 is 17.9 Å². The Labute approximate surface area is 245 Å². The molecule has 0 bridgehead atoms. The molecule has 4 atom stereocenters. The minimum atomic E-state index is -0.597. The number of esters is 1. The van der Waals surface area contributed by atoms with Crippen LogP contribution in [0.3, 0.4) is 0 Å². The minimum absolute atomic E-state index is 0.0848. The molecule has 2 heterocycles. The smallest absolute Gasteiger partial charge is 0.310 e. The number of phenolic OH excluding ortho intramolecular Hbond substituents is 1. The lowest BCUT2D eigenvalue weighted by Gasteiger charge is -2.39. The number of carbonyl (C=O) groups excluding carboxylic acids is 2. The van der Waals surface area contributed by atoms with Gasteiger partial charge in [0.05, 0.1) is 39.3 Å². The molecule has 2 aromatic rings. The Bertz CT molecular complexity index is 1260. The van der Waals surface area contributed by atoms with E-state index in [0.717, 1.165) is 43.5 Å². The van der Waals surface area contributed by atoms with Gasteiger partial charge in [0.1, 0.15) is 0 Å². The maximum Gasteiger partial charge on any atom is 0.310 e. The standard InChI is InChI=1S/C30H40N4O8/c1-38-23-10-17(11-24(39-2)29(23)36)26-18-12-21-22(42-16-41-21)13-19(18)28(20-15-40-30(37)27(20)26)34-25(35)14-33-9-5-8-32-7-4-3-6-31/h10-13,20,26-28,32-33,36H,3-9,14-16,31H2,1-2H3,(H,34,35)/t20-,26?,27-,28+/m0/s1. The SMILES string of the molecule is COc1cc(C2c3cc4c(cc3[C@@H](NC(=O)CNCCCNCCCCN)[C@H]3COC(=O)[C@H]23)OCO4)cc(OC)c1O. The largest absolute Gasteiger partial charge is 0.502 e. The molecule has 1 fully saturated rings. The van der Waals surface area contributed by atoms with Gasteiger partial charge in [-0.15, -0.1) is 0 Å². The molecule has 0 saturated carbocycles. The van der Waals surface area contributed by atoms with Crippen LogP contribution in [0.5, 0.6) is 28.7 Å². The van der Waals surface area contributed by atoms with Gasteiger partial charge in [0, 0.05) is 11.8 Å². The van der Waals surface area contributed by atoms with Crippen LogP contribution in [0, 0.1) is 11.8 Å². The molecule has 12 nitrogen and oxygen atoms in total. The molecule has 228 valence electrons. The van der Waals surface area contributed by atoms with Crippen LogP contribution in [0.2, 0.25) is 0 Å². The van der Waals surface area contributed by atoms with Gasteiger partial charge >= 0.3 is 5.97 Å². The fourth-order valence-electron chi connectivity index (χ4n) is 6.13. The van der Waals surface area contributed by atoms with Crippen molar-refractivity contribution in [2.75, 3.05) is 60.3 Å². The predicted molar refractivity (Wildman–Crippen MR) is 153 cm³/mol. The van der Waals surface area contributed by atoms with E-state index in [1.807, 2.05) is 12.1 Å². The van der Waals surface area contributed by atoms with Gasteiger partial charge < -0.3 is 50.5 Å². The van der Waals surface area contributed by atoms with E-state index in [1.54, 1.807) is 12.1 Å². The zero-order valence-electron chi connectivity index (χ0n) is 24.1.